The first-order chi connectivity index (χ1) is 12.8. The minimum absolute atomic E-state index is 0.604. The van der Waals surface area contributed by atoms with Crippen molar-refractivity contribution in [2.45, 2.75) is 0 Å². The summed E-state index contributed by atoms with van der Waals surface area (Å²) >= 11 is -1.08. The third kappa shape index (κ3) is 12.4. The number of quaternary nitrogens is 2. The van der Waals surface area contributed by atoms with Crippen LogP contribution in [-0.2, 0) is 10.1 Å². The first-order valence-electron chi connectivity index (χ1n) is 8.31. The van der Waals surface area contributed by atoms with E-state index in [9.17, 15) is 0 Å². The normalized spacial score (nSPS) is 11.0. The monoisotopic (exact) mass is 492 g/mol. The Bertz CT molecular complexity index is 731. The van der Waals surface area contributed by atoms with Crippen molar-refractivity contribution < 1.29 is 24.4 Å². The fourth-order valence-corrected chi connectivity index (χ4v) is 14.4. The summed E-state index contributed by atoms with van der Waals surface area (Å²) in [6, 6.07) is 19.3. The van der Waals surface area contributed by atoms with Crippen molar-refractivity contribution in [2.24, 2.45) is 0 Å². The molecule has 0 fully saturated rings. The quantitative estimate of drug-likeness (QED) is 0.340. The molecule has 0 radical (unpaired) electrons. The van der Waals surface area contributed by atoms with Gasteiger partial charge in [-0.15, -0.1) is 0 Å². The molecule has 0 aliphatic rings. The number of nitrogens with one attached hydrogen (secondary N) is 1. The second-order valence-corrected chi connectivity index (χ2v) is 18.5. The molecule has 150 valence electrons. The molecule has 0 spiro atoms. The van der Waals surface area contributed by atoms with Gasteiger partial charge in [0.25, 0.3) is 0 Å². The molecule has 0 saturated carbocycles. The van der Waals surface area contributed by atoms with Crippen LogP contribution in [0.1, 0.15) is 0 Å². The van der Waals surface area contributed by atoms with Crippen LogP contribution in [0.2, 0.25) is 0 Å². The number of benzene rings is 2. The Morgan fingerprint density at radius 1 is 0.926 bits per heavy atom. The molecule has 0 amide bonds. The first-order valence-corrected chi connectivity index (χ1v) is 17.5. The van der Waals surface area contributed by atoms with E-state index in [0.717, 1.165) is 36.0 Å². The number of anilines is 2. The Kier molecular flexibility index (Phi) is 12.2. The predicted molar refractivity (Wildman–Crippen MR) is 118 cm³/mol. The number of rotatable bonds is 9. The van der Waals surface area contributed by atoms with Gasteiger partial charge in [-0.2, -0.15) is 0 Å². The zero-order chi connectivity index (χ0) is 20.1. The molecule has 0 aliphatic carbocycles. The number of hydrogen-bond donors (Lipinski definition) is 3. The number of hydrogen-bond acceptors (Lipinski definition) is 6. The van der Waals surface area contributed by atoms with E-state index in [4.69, 9.17) is 13.0 Å². The summed E-state index contributed by atoms with van der Waals surface area (Å²) < 4.78 is 28.7. The fourth-order valence-electron chi connectivity index (χ4n) is 1.84. The van der Waals surface area contributed by atoms with Crippen molar-refractivity contribution in [1.29, 1.82) is 0 Å². The van der Waals surface area contributed by atoms with Gasteiger partial charge in [0.05, 0.1) is 10.1 Å². The number of para-hydroxylation sites is 1. The zero-order valence-corrected chi connectivity index (χ0v) is 19.7. The van der Waals surface area contributed by atoms with Gasteiger partial charge in [-0.25, -0.2) is 8.42 Å². The van der Waals surface area contributed by atoms with E-state index >= 15 is 0 Å². The van der Waals surface area contributed by atoms with Gasteiger partial charge in [0.1, 0.15) is 0 Å². The van der Waals surface area contributed by atoms with Gasteiger partial charge in [0, 0.05) is 6.26 Å². The molecule has 0 atom stereocenters. The standard InChI is InChI=1S/C16H22AsN3S2.CH4O3S/c18-10-12-21-17(22-13-11-19)14-6-8-16(9-7-14)20-15-4-2-1-3-5-15;1-5(2,3)4/h1-9,20H,10-13,18-19H2;1H3,(H,2,3,4)/p+1. The van der Waals surface area contributed by atoms with Gasteiger partial charge in [0.2, 0.25) is 0 Å². The Labute approximate surface area is 172 Å². The van der Waals surface area contributed by atoms with Gasteiger partial charge in [0.15, 0.2) is 0 Å². The van der Waals surface area contributed by atoms with E-state index < -0.39 is 22.5 Å². The van der Waals surface area contributed by atoms with Gasteiger partial charge in [-0.05, 0) is 0 Å². The molecule has 7 N–H and O–H groups in total. The summed E-state index contributed by atoms with van der Waals surface area (Å²) in [6.07, 6.45) is 0.604. The van der Waals surface area contributed by atoms with Crippen LogP contribution in [0.5, 0.6) is 0 Å². The van der Waals surface area contributed by atoms with Crippen molar-refractivity contribution in [3.63, 3.8) is 0 Å². The topological polar surface area (TPSA) is 125 Å². The average Bonchev–Trinajstić information content (AvgIpc) is 2.62. The molecule has 0 bridgehead atoms. The zero-order valence-electron chi connectivity index (χ0n) is 15.3. The molecule has 0 heterocycles. The third-order valence-electron chi connectivity index (χ3n) is 2.85. The maximum atomic E-state index is 9.08. The predicted octanol–water partition coefficient (Wildman–Crippen LogP) is 0.237. The molecular formula is C17H27AsN3O3S3+. The maximum absolute atomic E-state index is 9.08. The molecule has 6 nitrogen and oxygen atoms in total. The Morgan fingerprint density at radius 2 is 1.37 bits per heavy atom. The van der Waals surface area contributed by atoms with Gasteiger partial charge < -0.3 is 4.55 Å². The van der Waals surface area contributed by atoms with E-state index in [1.165, 1.54) is 4.35 Å². The molecule has 2 aromatic carbocycles. The summed E-state index contributed by atoms with van der Waals surface area (Å²) in [4.78, 5) is 0. The second kappa shape index (κ2) is 13.5. The van der Waals surface area contributed by atoms with Crippen LogP contribution >= 0.6 is 20.0 Å². The Morgan fingerprint density at radius 3 is 1.81 bits per heavy atom. The molecular weight excluding hydrogens is 465 g/mol. The third-order valence-corrected chi connectivity index (χ3v) is 16.5. The fraction of sp³-hybridized carbons (Fsp3) is 0.294. The Hall–Kier alpha value is -0.672. The van der Waals surface area contributed by atoms with Crippen LogP contribution in [0.4, 0.5) is 11.4 Å². The molecule has 0 unspecified atom stereocenters. The molecule has 2 aromatic rings. The molecule has 0 aliphatic heterocycles. The van der Waals surface area contributed by atoms with Gasteiger partial charge in [-0.1, -0.05) is 0 Å². The van der Waals surface area contributed by atoms with E-state index in [0.29, 0.717) is 6.26 Å². The molecule has 0 aromatic heterocycles. The second-order valence-electron chi connectivity index (χ2n) is 5.37. The van der Waals surface area contributed by atoms with Crippen molar-refractivity contribution >= 4 is 58.2 Å². The SMILES string of the molecule is CS(=O)(=O)[O-].[NH3+]CCS[As](SCC[NH3+])c1ccc(Nc2ccccc2)cc1. The molecule has 2 rings (SSSR count). The molecule has 10 heteroatoms. The van der Waals surface area contributed by atoms with E-state index in [-0.39, 0.29) is 0 Å². The minimum atomic E-state index is -3.92. The van der Waals surface area contributed by atoms with Crippen molar-refractivity contribution in [2.75, 3.05) is 36.2 Å². The Balaban J connectivity index is 0.000000646. The summed E-state index contributed by atoms with van der Waals surface area (Å²) in [5, 5.41) is 3.44. The first kappa shape index (κ1) is 24.4. The molecule has 27 heavy (non-hydrogen) atoms. The van der Waals surface area contributed by atoms with Crippen LogP contribution in [0.25, 0.3) is 0 Å². The van der Waals surface area contributed by atoms with Crippen LogP contribution in [-0.4, -0.2) is 56.2 Å². The summed E-state index contributed by atoms with van der Waals surface area (Å²) in [5.74, 6) is 2.32. The van der Waals surface area contributed by atoms with Crippen molar-refractivity contribution in [1.82, 2.24) is 0 Å². The molecule has 0 saturated heterocycles. The van der Waals surface area contributed by atoms with Crippen LogP contribution in [0.3, 0.4) is 0 Å². The van der Waals surface area contributed by atoms with Crippen molar-refractivity contribution in [3.8, 4) is 0 Å². The summed E-state index contributed by atoms with van der Waals surface area (Å²) in [6.45, 7) is 2.02. The van der Waals surface area contributed by atoms with E-state index in [1.807, 2.05) is 18.2 Å². The van der Waals surface area contributed by atoms with Crippen LogP contribution < -0.4 is 21.1 Å². The van der Waals surface area contributed by atoms with E-state index in [1.54, 1.807) is 0 Å². The summed E-state index contributed by atoms with van der Waals surface area (Å²) in [7, 11) is 0.328. The average molecular weight is 493 g/mol. The van der Waals surface area contributed by atoms with Crippen LogP contribution in [0.15, 0.2) is 54.6 Å². The van der Waals surface area contributed by atoms with Crippen LogP contribution in [0, 0.1) is 0 Å². The van der Waals surface area contributed by atoms with E-state index in [2.05, 4.69) is 73.2 Å². The van der Waals surface area contributed by atoms with Gasteiger partial charge in [-0.3, -0.25) is 0 Å². The van der Waals surface area contributed by atoms with Gasteiger partial charge >= 0.3 is 144 Å². The van der Waals surface area contributed by atoms with Crippen molar-refractivity contribution in [3.05, 3.63) is 54.6 Å². The summed E-state index contributed by atoms with van der Waals surface area (Å²) in [5.41, 5.74) is 10.2.